The van der Waals surface area contributed by atoms with Crippen molar-refractivity contribution in [1.82, 2.24) is 4.31 Å². The highest BCUT2D eigenvalue weighted by Gasteiger charge is 2.20. The van der Waals surface area contributed by atoms with E-state index >= 15 is 0 Å². The van der Waals surface area contributed by atoms with Crippen LogP contribution in [0, 0.1) is 0 Å². The second-order valence-corrected chi connectivity index (χ2v) is 5.74. The lowest BCUT2D eigenvalue weighted by atomic mass is 10.2. The van der Waals surface area contributed by atoms with Gasteiger partial charge in [0, 0.05) is 19.6 Å². The highest BCUT2D eigenvalue weighted by atomic mass is 32.2. The fraction of sp³-hybridized carbons (Fsp3) is 0.455. The molecule has 0 saturated carbocycles. The molecule has 3 N–H and O–H groups in total. The van der Waals surface area contributed by atoms with Crippen LogP contribution >= 0.6 is 0 Å². The molecule has 0 fully saturated rings. The summed E-state index contributed by atoms with van der Waals surface area (Å²) in [4.78, 5) is 0. The van der Waals surface area contributed by atoms with Gasteiger partial charge in [-0.3, -0.25) is 0 Å². The molecule has 0 saturated heterocycles. The van der Waals surface area contributed by atoms with Gasteiger partial charge >= 0.3 is 0 Å². The van der Waals surface area contributed by atoms with E-state index < -0.39 is 10.0 Å². The summed E-state index contributed by atoms with van der Waals surface area (Å²) in [6.07, 6.45) is 0. The molecule has 0 unspecified atom stereocenters. The Labute approximate surface area is 102 Å². The van der Waals surface area contributed by atoms with Gasteiger partial charge in [0.1, 0.15) is 0 Å². The third-order valence-corrected chi connectivity index (χ3v) is 4.17. The van der Waals surface area contributed by atoms with E-state index in [0.29, 0.717) is 0 Å². The predicted octanol–water partition coefficient (Wildman–Crippen LogP) is -0.231. The minimum absolute atomic E-state index is 0.0824. The summed E-state index contributed by atoms with van der Waals surface area (Å²) in [6, 6.07) is 9.27. The quantitative estimate of drug-likeness (QED) is 0.707. The number of sulfonamides is 1. The van der Waals surface area contributed by atoms with Gasteiger partial charge in [0.2, 0.25) is 10.0 Å². The van der Waals surface area contributed by atoms with Gasteiger partial charge in [0.05, 0.1) is 12.4 Å². The number of nitrogens with two attached hydrogens (primary N) is 1. The molecule has 0 amide bonds. The molecule has 5 nitrogen and oxygen atoms in total. The molecule has 0 heterocycles. The van der Waals surface area contributed by atoms with Crippen molar-refractivity contribution in [1.29, 1.82) is 0 Å². The predicted molar refractivity (Wildman–Crippen MR) is 66.8 cm³/mol. The van der Waals surface area contributed by atoms with Crippen molar-refractivity contribution in [2.75, 3.05) is 25.4 Å². The zero-order valence-corrected chi connectivity index (χ0v) is 10.4. The van der Waals surface area contributed by atoms with Gasteiger partial charge in [-0.1, -0.05) is 30.3 Å². The van der Waals surface area contributed by atoms with Gasteiger partial charge < -0.3 is 10.8 Å². The number of hydrogen-bond acceptors (Lipinski definition) is 4. The van der Waals surface area contributed by atoms with E-state index in [1.165, 1.54) is 4.31 Å². The molecule has 1 aromatic rings. The lowest BCUT2D eigenvalue weighted by Gasteiger charge is -2.20. The maximum absolute atomic E-state index is 11.9. The summed E-state index contributed by atoms with van der Waals surface area (Å²) in [7, 11) is -3.38. The van der Waals surface area contributed by atoms with E-state index in [4.69, 9.17) is 10.8 Å². The zero-order chi connectivity index (χ0) is 12.7. The van der Waals surface area contributed by atoms with Crippen molar-refractivity contribution in [3.05, 3.63) is 35.9 Å². The van der Waals surface area contributed by atoms with Crippen molar-refractivity contribution in [3.63, 3.8) is 0 Å². The van der Waals surface area contributed by atoms with Crippen molar-refractivity contribution in [3.8, 4) is 0 Å². The maximum atomic E-state index is 11.9. The van der Waals surface area contributed by atoms with Gasteiger partial charge in [0.15, 0.2) is 0 Å². The molecular weight excluding hydrogens is 240 g/mol. The second-order valence-electron chi connectivity index (χ2n) is 3.65. The van der Waals surface area contributed by atoms with Crippen LogP contribution in [0.1, 0.15) is 5.56 Å². The van der Waals surface area contributed by atoms with Gasteiger partial charge in [0.25, 0.3) is 0 Å². The topological polar surface area (TPSA) is 83.6 Å². The largest absolute Gasteiger partial charge is 0.395 e. The smallest absolute Gasteiger partial charge is 0.215 e. The number of aliphatic hydroxyl groups excluding tert-OH is 1. The van der Waals surface area contributed by atoms with Crippen LogP contribution in [-0.2, 0) is 16.6 Å². The number of hydrogen-bond donors (Lipinski definition) is 2. The van der Waals surface area contributed by atoms with Crippen LogP contribution in [0.5, 0.6) is 0 Å². The maximum Gasteiger partial charge on any atom is 0.215 e. The monoisotopic (exact) mass is 258 g/mol. The van der Waals surface area contributed by atoms with Crippen LogP contribution in [0.2, 0.25) is 0 Å². The third kappa shape index (κ3) is 4.43. The summed E-state index contributed by atoms with van der Waals surface area (Å²) >= 11 is 0. The average Bonchev–Trinajstić information content (AvgIpc) is 2.30. The first-order valence-electron chi connectivity index (χ1n) is 5.43. The zero-order valence-electron chi connectivity index (χ0n) is 9.62. The van der Waals surface area contributed by atoms with Crippen molar-refractivity contribution in [2.45, 2.75) is 6.54 Å². The SMILES string of the molecule is NCCS(=O)(=O)N(CCO)Cc1ccccc1. The lowest BCUT2D eigenvalue weighted by Crippen LogP contribution is -2.36. The van der Waals surface area contributed by atoms with E-state index in [1.54, 1.807) is 0 Å². The first-order chi connectivity index (χ1) is 8.10. The first kappa shape index (κ1) is 14.1. The molecule has 0 radical (unpaired) electrons. The van der Waals surface area contributed by atoms with E-state index in [-0.39, 0.29) is 32.0 Å². The van der Waals surface area contributed by atoms with E-state index in [9.17, 15) is 8.42 Å². The molecule has 1 aromatic carbocycles. The van der Waals surface area contributed by atoms with Crippen LogP contribution in [0.25, 0.3) is 0 Å². The Morgan fingerprint density at radius 2 is 1.88 bits per heavy atom. The molecule has 0 aliphatic carbocycles. The molecule has 0 atom stereocenters. The first-order valence-corrected chi connectivity index (χ1v) is 7.03. The summed E-state index contributed by atoms with van der Waals surface area (Å²) in [6.45, 7) is 0.247. The van der Waals surface area contributed by atoms with E-state index in [1.807, 2.05) is 30.3 Å². The molecule has 0 spiro atoms. The van der Waals surface area contributed by atoms with Gasteiger partial charge in [-0.25, -0.2) is 8.42 Å². The Kier molecular flexibility index (Phi) is 5.57. The Hall–Kier alpha value is -0.950. The summed E-state index contributed by atoms with van der Waals surface area (Å²) < 4.78 is 25.0. The minimum Gasteiger partial charge on any atom is -0.395 e. The molecule has 17 heavy (non-hydrogen) atoms. The molecule has 0 aromatic heterocycles. The molecule has 6 heteroatoms. The van der Waals surface area contributed by atoms with Crippen LogP contribution in [0.4, 0.5) is 0 Å². The number of aliphatic hydroxyl groups is 1. The highest BCUT2D eigenvalue weighted by Crippen LogP contribution is 2.09. The fourth-order valence-corrected chi connectivity index (χ4v) is 2.75. The van der Waals surface area contributed by atoms with Crippen LogP contribution < -0.4 is 5.73 Å². The summed E-state index contributed by atoms with van der Waals surface area (Å²) in [5.41, 5.74) is 6.16. The second kappa shape index (κ2) is 6.70. The summed E-state index contributed by atoms with van der Waals surface area (Å²) in [5.74, 6) is -0.0974. The Bertz CT molecular complexity index is 420. The standard InChI is InChI=1S/C11H18N2O3S/c12-6-9-17(15,16)13(7-8-14)10-11-4-2-1-3-5-11/h1-5,14H,6-10,12H2. The highest BCUT2D eigenvalue weighted by molar-refractivity contribution is 7.89. The number of rotatable bonds is 7. The van der Waals surface area contributed by atoms with E-state index in [0.717, 1.165) is 5.56 Å². The normalized spacial score (nSPS) is 11.9. The van der Waals surface area contributed by atoms with Crippen molar-refractivity contribution in [2.24, 2.45) is 5.73 Å². The van der Waals surface area contributed by atoms with Gasteiger partial charge in [-0.2, -0.15) is 4.31 Å². The minimum atomic E-state index is -3.38. The van der Waals surface area contributed by atoms with Crippen LogP contribution in [0.15, 0.2) is 30.3 Å². The molecule has 0 aliphatic heterocycles. The Morgan fingerprint density at radius 1 is 1.24 bits per heavy atom. The molecular formula is C11H18N2O3S. The van der Waals surface area contributed by atoms with Gasteiger partial charge in [-0.15, -0.1) is 0 Å². The number of benzene rings is 1. The molecule has 96 valence electrons. The van der Waals surface area contributed by atoms with Crippen molar-refractivity contribution >= 4 is 10.0 Å². The number of nitrogens with zero attached hydrogens (tertiary/aromatic N) is 1. The summed E-state index contributed by atoms with van der Waals surface area (Å²) in [5, 5.41) is 8.91. The Balaban J connectivity index is 2.80. The Morgan fingerprint density at radius 3 is 2.41 bits per heavy atom. The van der Waals surface area contributed by atoms with Gasteiger partial charge in [-0.05, 0) is 5.56 Å². The fourth-order valence-electron chi connectivity index (χ4n) is 1.49. The van der Waals surface area contributed by atoms with E-state index in [2.05, 4.69) is 0 Å². The average molecular weight is 258 g/mol. The van der Waals surface area contributed by atoms with Crippen LogP contribution in [0.3, 0.4) is 0 Å². The lowest BCUT2D eigenvalue weighted by molar-refractivity contribution is 0.251. The van der Waals surface area contributed by atoms with Crippen molar-refractivity contribution < 1.29 is 13.5 Å². The third-order valence-electron chi connectivity index (χ3n) is 2.32. The molecule has 0 bridgehead atoms. The van der Waals surface area contributed by atoms with Crippen LogP contribution in [-0.4, -0.2) is 43.3 Å². The molecule has 1 rings (SSSR count). The molecule has 0 aliphatic rings.